The quantitative estimate of drug-likeness (QED) is 0.510. The molecule has 5 heteroatoms. The van der Waals surface area contributed by atoms with Gasteiger partial charge in [-0.05, 0) is 18.1 Å². The van der Waals surface area contributed by atoms with E-state index in [4.69, 9.17) is 10.8 Å². The van der Waals surface area contributed by atoms with Gasteiger partial charge in [0.2, 0.25) is 0 Å². The van der Waals surface area contributed by atoms with Gasteiger partial charge in [0.25, 0.3) is 0 Å². The summed E-state index contributed by atoms with van der Waals surface area (Å²) in [5.41, 5.74) is 7.91. The topological polar surface area (TPSA) is 86.8 Å². The van der Waals surface area contributed by atoms with E-state index in [0.29, 0.717) is 25.2 Å². The molecular weight excluding hydrogens is 220 g/mol. The Kier molecular flexibility index (Phi) is 2.91. The van der Waals surface area contributed by atoms with Crippen LogP contribution in [0.15, 0.2) is 24.3 Å². The minimum absolute atomic E-state index is 0.0593. The van der Waals surface area contributed by atoms with Crippen molar-refractivity contribution in [3.63, 3.8) is 0 Å². The fourth-order valence-electron chi connectivity index (χ4n) is 1.92. The highest BCUT2D eigenvalue weighted by Crippen LogP contribution is 2.32. The maximum Gasteiger partial charge on any atom is 0.407 e. The number of carbonyl (C=O) groups is 1. The number of anilines is 1. The van der Waals surface area contributed by atoms with E-state index in [0.717, 1.165) is 11.1 Å². The van der Waals surface area contributed by atoms with Gasteiger partial charge in [-0.25, -0.2) is 4.79 Å². The SMILES string of the molecule is Nc1c(O)cccc1C1=CCN(C(=O)O)CC1. The van der Waals surface area contributed by atoms with E-state index in [9.17, 15) is 9.90 Å². The average Bonchev–Trinajstić information content (AvgIpc) is 2.33. The fraction of sp³-hybridized carbons (Fsp3) is 0.250. The lowest BCUT2D eigenvalue weighted by molar-refractivity contribution is 0.150. The van der Waals surface area contributed by atoms with Gasteiger partial charge in [-0.1, -0.05) is 18.2 Å². The molecule has 0 saturated carbocycles. The van der Waals surface area contributed by atoms with Crippen LogP contribution in [0.3, 0.4) is 0 Å². The Hall–Kier alpha value is -2.17. The van der Waals surface area contributed by atoms with Gasteiger partial charge < -0.3 is 20.8 Å². The van der Waals surface area contributed by atoms with Crippen LogP contribution in [0.25, 0.3) is 5.57 Å². The Morgan fingerprint density at radius 1 is 1.41 bits per heavy atom. The van der Waals surface area contributed by atoms with Crippen LogP contribution in [0.5, 0.6) is 5.75 Å². The van der Waals surface area contributed by atoms with Gasteiger partial charge in [0.1, 0.15) is 5.75 Å². The first-order valence-corrected chi connectivity index (χ1v) is 5.34. The lowest BCUT2D eigenvalue weighted by Gasteiger charge is -2.24. The van der Waals surface area contributed by atoms with Crippen LogP contribution < -0.4 is 5.73 Å². The van der Waals surface area contributed by atoms with Gasteiger partial charge in [-0.2, -0.15) is 0 Å². The van der Waals surface area contributed by atoms with Gasteiger partial charge in [0, 0.05) is 18.7 Å². The lowest BCUT2D eigenvalue weighted by atomic mass is 9.98. The molecule has 1 heterocycles. The third-order valence-electron chi connectivity index (χ3n) is 2.91. The van der Waals surface area contributed by atoms with Crippen molar-refractivity contribution in [3.05, 3.63) is 29.8 Å². The third kappa shape index (κ3) is 2.18. The van der Waals surface area contributed by atoms with Crippen LogP contribution in [-0.4, -0.2) is 34.3 Å². The summed E-state index contributed by atoms with van der Waals surface area (Å²) in [5, 5.41) is 18.3. The molecule has 1 amide bonds. The summed E-state index contributed by atoms with van der Waals surface area (Å²) in [6.07, 6.45) is 1.53. The number of benzene rings is 1. The number of aromatic hydroxyl groups is 1. The Morgan fingerprint density at radius 3 is 2.76 bits per heavy atom. The highest BCUT2D eigenvalue weighted by Gasteiger charge is 2.18. The molecule has 1 aromatic carbocycles. The number of amides is 1. The Balaban J connectivity index is 2.25. The summed E-state index contributed by atoms with van der Waals surface area (Å²) in [4.78, 5) is 12.1. The van der Waals surface area contributed by atoms with Crippen LogP contribution in [0.4, 0.5) is 10.5 Å². The predicted molar refractivity (Wildman–Crippen MR) is 64.7 cm³/mol. The van der Waals surface area contributed by atoms with Crippen molar-refractivity contribution in [2.24, 2.45) is 0 Å². The number of hydrogen-bond donors (Lipinski definition) is 3. The summed E-state index contributed by atoms with van der Waals surface area (Å²) in [6, 6.07) is 5.09. The zero-order valence-corrected chi connectivity index (χ0v) is 9.26. The second-order valence-corrected chi connectivity index (χ2v) is 3.95. The lowest BCUT2D eigenvalue weighted by Crippen LogP contribution is -2.33. The average molecular weight is 234 g/mol. The number of hydrogen-bond acceptors (Lipinski definition) is 3. The Bertz CT molecular complexity index is 483. The van der Waals surface area contributed by atoms with E-state index in [-0.39, 0.29) is 5.75 Å². The van der Waals surface area contributed by atoms with Crippen molar-refractivity contribution in [2.75, 3.05) is 18.8 Å². The first kappa shape index (κ1) is 11.3. The van der Waals surface area contributed by atoms with Crippen molar-refractivity contribution in [1.29, 1.82) is 0 Å². The largest absolute Gasteiger partial charge is 0.506 e. The molecule has 0 spiro atoms. The second-order valence-electron chi connectivity index (χ2n) is 3.95. The van der Waals surface area contributed by atoms with E-state index in [1.54, 1.807) is 6.07 Å². The van der Waals surface area contributed by atoms with Crippen molar-refractivity contribution in [3.8, 4) is 5.75 Å². The van der Waals surface area contributed by atoms with Crippen LogP contribution in [-0.2, 0) is 0 Å². The summed E-state index contributed by atoms with van der Waals surface area (Å²) in [7, 11) is 0. The fourth-order valence-corrected chi connectivity index (χ4v) is 1.92. The number of rotatable bonds is 1. The van der Waals surface area contributed by atoms with Gasteiger partial charge in [-0.15, -0.1) is 0 Å². The normalized spacial score (nSPS) is 15.5. The number of phenols is 1. The molecule has 0 saturated heterocycles. The number of phenolic OH excluding ortho intramolecular Hbond substituents is 1. The number of nitrogen functional groups attached to an aromatic ring is 1. The summed E-state index contributed by atoms with van der Waals surface area (Å²) in [5.74, 6) is 0.0593. The van der Waals surface area contributed by atoms with Crippen molar-refractivity contribution in [2.45, 2.75) is 6.42 Å². The molecule has 1 aromatic rings. The van der Waals surface area contributed by atoms with Gasteiger partial charge in [-0.3, -0.25) is 0 Å². The molecule has 0 atom stereocenters. The minimum Gasteiger partial charge on any atom is -0.506 e. The van der Waals surface area contributed by atoms with E-state index in [1.165, 1.54) is 11.0 Å². The zero-order valence-electron chi connectivity index (χ0n) is 9.26. The van der Waals surface area contributed by atoms with E-state index in [1.807, 2.05) is 12.1 Å². The molecular formula is C12H14N2O3. The van der Waals surface area contributed by atoms with E-state index in [2.05, 4.69) is 0 Å². The molecule has 0 unspecified atom stereocenters. The van der Waals surface area contributed by atoms with Crippen LogP contribution in [0.1, 0.15) is 12.0 Å². The van der Waals surface area contributed by atoms with E-state index < -0.39 is 6.09 Å². The molecule has 1 aliphatic heterocycles. The highest BCUT2D eigenvalue weighted by molar-refractivity contribution is 5.79. The number of nitrogens with two attached hydrogens (primary N) is 1. The van der Waals surface area contributed by atoms with E-state index >= 15 is 0 Å². The molecule has 5 nitrogen and oxygen atoms in total. The van der Waals surface area contributed by atoms with Gasteiger partial charge in [0.05, 0.1) is 5.69 Å². The van der Waals surface area contributed by atoms with Crippen LogP contribution in [0, 0.1) is 0 Å². The molecule has 0 aromatic heterocycles. The molecule has 0 aliphatic carbocycles. The van der Waals surface area contributed by atoms with Crippen molar-refractivity contribution in [1.82, 2.24) is 4.90 Å². The summed E-state index contributed by atoms with van der Waals surface area (Å²) < 4.78 is 0. The standard InChI is InChI=1S/C12H14N2O3/c13-11-9(2-1-3-10(11)15)8-4-6-14(7-5-8)12(16)17/h1-4,15H,5-7,13H2,(H,16,17). The number of para-hydroxylation sites is 1. The monoisotopic (exact) mass is 234 g/mol. The maximum absolute atomic E-state index is 10.8. The second kappa shape index (κ2) is 4.37. The van der Waals surface area contributed by atoms with Gasteiger partial charge >= 0.3 is 6.09 Å². The Morgan fingerprint density at radius 2 is 2.18 bits per heavy atom. The highest BCUT2D eigenvalue weighted by atomic mass is 16.4. The first-order valence-electron chi connectivity index (χ1n) is 5.34. The molecule has 2 rings (SSSR count). The smallest absolute Gasteiger partial charge is 0.407 e. The number of carboxylic acid groups (broad SMARTS) is 1. The molecule has 0 radical (unpaired) electrons. The third-order valence-corrected chi connectivity index (χ3v) is 2.91. The molecule has 4 N–H and O–H groups in total. The number of nitrogens with zero attached hydrogens (tertiary/aromatic N) is 1. The predicted octanol–water partition coefficient (Wildman–Crippen LogP) is 1.74. The summed E-state index contributed by atoms with van der Waals surface area (Å²) in [6.45, 7) is 0.816. The maximum atomic E-state index is 10.8. The van der Waals surface area contributed by atoms with Crippen molar-refractivity contribution >= 4 is 17.4 Å². The molecule has 17 heavy (non-hydrogen) atoms. The molecule has 0 fully saturated rings. The first-order chi connectivity index (χ1) is 8.09. The van der Waals surface area contributed by atoms with Crippen LogP contribution in [0.2, 0.25) is 0 Å². The molecule has 0 bridgehead atoms. The van der Waals surface area contributed by atoms with Crippen molar-refractivity contribution < 1.29 is 15.0 Å². The minimum atomic E-state index is -0.913. The summed E-state index contributed by atoms with van der Waals surface area (Å²) >= 11 is 0. The van der Waals surface area contributed by atoms with Crippen LogP contribution >= 0.6 is 0 Å². The zero-order chi connectivity index (χ0) is 12.4. The molecule has 90 valence electrons. The van der Waals surface area contributed by atoms with Gasteiger partial charge in [0.15, 0.2) is 0 Å². The molecule has 1 aliphatic rings. The Labute approximate surface area is 98.8 Å².